The van der Waals surface area contributed by atoms with Gasteiger partial charge in [-0.05, 0) is 17.5 Å². The zero-order chi connectivity index (χ0) is 15.6. The lowest BCUT2D eigenvalue weighted by Crippen LogP contribution is -2.13. The lowest BCUT2D eigenvalue weighted by Gasteiger charge is -2.12. The van der Waals surface area contributed by atoms with Crippen LogP contribution in [0.1, 0.15) is 41.5 Å². The monoisotopic (exact) mass is 290 g/mol. The summed E-state index contributed by atoms with van der Waals surface area (Å²) < 4.78 is 6.27. The number of nitrogens with two attached hydrogens (primary N) is 1. The average molecular weight is 290 g/mol. The van der Waals surface area contributed by atoms with Crippen molar-refractivity contribution < 1.29 is 9.53 Å². The first kappa shape index (κ1) is 14.8. The fourth-order valence-electron chi connectivity index (χ4n) is 2.00. The van der Waals surface area contributed by atoms with Crippen LogP contribution in [0.4, 0.5) is 5.69 Å². The second-order valence-electron chi connectivity index (χ2n) is 5.04. The number of H-pyrrole nitrogens is 1. The molecule has 7 nitrogen and oxygen atoms in total. The van der Waals surface area contributed by atoms with Crippen molar-refractivity contribution in [3.63, 3.8) is 0 Å². The Morgan fingerprint density at radius 2 is 2.19 bits per heavy atom. The summed E-state index contributed by atoms with van der Waals surface area (Å²) in [6, 6.07) is 5.27. The molecule has 0 aliphatic carbocycles. The summed E-state index contributed by atoms with van der Waals surface area (Å²) in [5.74, 6) is -0.0409. The van der Waals surface area contributed by atoms with E-state index in [0.29, 0.717) is 11.3 Å². The largest absolute Gasteiger partial charge is 0.454 e. The number of esters is 1. The molecule has 21 heavy (non-hydrogen) atoms. The number of para-hydroxylation sites is 1. The number of rotatable bonds is 4. The summed E-state index contributed by atoms with van der Waals surface area (Å²) in [6.45, 7) is 3.89. The summed E-state index contributed by atoms with van der Waals surface area (Å²) in [4.78, 5) is 25.8. The Kier molecular flexibility index (Phi) is 4.11. The van der Waals surface area contributed by atoms with Gasteiger partial charge in [0.25, 0.3) is 0 Å². The van der Waals surface area contributed by atoms with E-state index in [4.69, 9.17) is 10.5 Å². The number of benzene rings is 1. The number of nitrogens with zero attached hydrogens (tertiary/aromatic N) is 2. The van der Waals surface area contributed by atoms with Crippen LogP contribution in [0.15, 0.2) is 23.0 Å². The Bertz CT molecular complexity index is 715. The van der Waals surface area contributed by atoms with Gasteiger partial charge in [-0.3, -0.25) is 4.98 Å². The molecule has 0 unspecified atom stereocenters. The van der Waals surface area contributed by atoms with E-state index in [-0.39, 0.29) is 24.0 Å². The summed E-state index contributed by atoms with van der Waals surface area (Å²) in [5.41, 5.74) is 7.29. The molecule has 112 valence electrons. The number of anilines is 1. The number of aryl methyl sites for hydroxylation is 1. The standard InChI is InChI=1S/C14H18N4O3/c1-8(2)9-5-4-6-10(12(9)15)13(19)21-7-11-16-14(20)18(3)17-11/h4-6,8H,7,15H2,1-3H3,(H,16,17,20). The zero-order valence-electron chi connectivity index (χ0n) is 12.2. The van der Waals surface area contributed by atoms with Gasteiger partial charge in [0.05, 0.1) is 5.56 Å². The third-order valence-electron chi connectivity index (χ3n) is 3.14. The van der Waals surface area contributed by atoms with E-state index in [0.717, 1.165) is 10.2 Å². The van der Waals surface area contributed by atoms with Crippen molar-refractivity contribution in [2.45, 2.75) is 26.4 Å². The molecule has 0 radical (unpaired) electrons. The van der Waals surface area contributed by atoms with Gasteiger partial charge in [-0.2, -0.15) is 5.10 Å². The van der Waals surface area contributed by atoms with Gasteiger partial charge in [-0.25, -0.2) is 14.3 Å². The van der Waals surface area contributed by atoms with Gasteiger partial charge in [0, 0.05) is 12.7 Å². The van der Waals surface area contributed by atoms with E-state index in [1.54, 1.807) is 12.1 Å². The van der Waals surface area contributed by atoms with Gasteiger partial charge in [0.1, 0.15) is 0 Å². The molecule has 7 heteroatoms. The van der Waals surface area contributed by atoms with E-state index in [1.165, 1.54) is 7.05 Å². The maximum atomic E-state index is 12.1. The number of carbonyl (C=O) groups excluding carboxylic acids is 1. The van der Waals surface area contributed by atoms with Crippen LogP contribution in [0.25, 0.3) is 0 Å². The van der Waals surface area contributed by atoms with Crippen LogP contribution in [0, 0.1) is 0 Å². The Morgan fingerprint density at radius 1 is 1.48 bits per heavy atom. The number of aromatic nitrogens is 3. The summed E-state index contributed by atoms with van der Waals surface area (Å²) in [6.07, 6.45) is 0. The maximum Gasteiger partial charge on any atom is 0.343 e. The number of aromatic amines is 1. The Labute approximate surface area is 121 Å². The van der Waals surface area contributed by atoms with Crippen LogP contribution in [0.5, 0.6) is 0 Å². The predicted octanol–water partition coefficient (Wildman–Crippen LogP) is 1.17. The summed E-state index contributed by atoms with van der Waals surface area (Å²) in [7, 11) is 1.51. The quantitative estimate of drug-likeness (QED) is 0.650. The first-order valence-electron chi connectivity index (χ1n) is 6.58. The molecular weight excluding hydrogens is 272 g/mol. The Hall–Kier alpha value is -2.57. The van der Waals surface area contributed by atoms with E-state index in [9.17, 15) is 9.59 Å². The number of hydrogen-bond donors (Lipinski definition) is 2. The molecule has 3 N–H and O–H groups in total. The molecule has 2 aromatic rings. The molecule has 1 aromatic carbocycles. The predicted molar refractivity (Wildman–Crippen MR) is 77.9 cm³/mol. The van der Waals surface area contributed by atoms with Crippen molar-refractivity contribution in [3.8, 4) is 0 Å². The molecule has 0 atom stereocenters. The minimum atomic E-state index is -0.540. The first-order chi connectivity index (χ1) is 9.90. The summed E-state index contributed by atoms with van der Waals surface area (Å²) in [5, 5.41) is 3.88. The van der Waals surface area contributed by atoms with Crippen molar-refractivity contribution in [3.05, 3.63) is 45.6 Å². The van der Waals surface area contributed by atoms with Gasteiger partial charge in [0.15, 0.2) is 12.4 Å². The molecule has 0 saturated heterocycles. The van der Waals surface area contributed by atoms with Crippen molar-refractivity contribution in [2.24, 2.45) is 7.05 Å². The third kappa shape index (κ3) is 3.13. The van der Waals surface area contributed by atoms with Gasteiger partial charge < -0.3 is 10.5 Å². The van der Waals surface area contributed by atoms with E-state index >= 15 is 0 Å². The SMILES string of the molecule is CC(C)c1cccc(C(=O)OCc2nn(C)c(=O)[nH]2)c1N. The topological polar surface area (TPSA) is 103 Å². The van der Waals surface area contributed by atoms with E-state index < -0.39 is 5.97 Å². The van der Waals surface area contributed by atoms with Crippen LogP contribution in [-0.2, 0) is 18.4 Å². The minimum Gasteiger partial charge on any atom is -0.454 e. The van der Waals surface area contributed by atoms with E-state index in [1.807, 2.05) is 19.9 Å². The fourth-order valence-corrected chi connectivity index (χ4v) is 2.00. The second-order valence-corrected chi connectivity index (χ2v) is 5.04. The molecule has 0 aliphatic heterocycles. The molecule has 0 bridgehead atoms. The molecule has 1 aromatic heterocycles. The molecule has 0 aliphatic rings. The number of nitrogen functional groups attached to an aromatic ring is 1. The number of hydrogen-bond acceptors (Lipinski definition) is 5. The third-order valence-corrected chi connectivity index (χ3v) is 3.14. The highest BCUT2D eigenvalue weighted by Crippen LogP contribution is 2.25. The van der Waals surface area contributed by atoms with Crippen molar-refractivity contribution >= 4 is 11.7 Å². The van der Waals surface area contributed by atoms with Gasteiger partial charge in [-0.1, -0.05) is 26.0 Å². The molecule has 0 fully saturated rings. The lowest BCUT2D eigenvalue weighted by atomic mass is 9.98. The number of nitrogens with one attached hydrogen (secondary N) is 1. The van der Waals surface area contributed by atoms with Gasteiger partial charge in [-0.15, -0.1) is 0 Å². The highest BCUT2D eigenvalue weighted by atomic mass is 16.5. The number of ether oxygens (including phenoxy) is 1. The number of carbonyl (C=O) groups is 1. The fraction of sp³-hybridized carbons (Fsp3) is 0.357. The molecule has 2 rings (SSSR count). The van der Waals surface area contributed by atoms with Crippen molar-refractivity contribution in [2.75, 3.05) is 5.73 Å². The minimum absolute atomic E-state index is 0.111. The summed E-state index contributed by atoms with van der Waals surface area (Å²) >= 11 is 0. The Balaban J connectivity index is 2.14. The maximum absolute atomic E-state index is 12.1. The smallest absolute Gasteiger partial charge is 0.343 e. The van der Waals surface area contributed by atoms with Crippen LogP contribution in [0.3, 0.4) is 0 Å². The highest BCUT2D eigenvalue weighted by molar-refractivity contribution is 5.95. The lowest BCUT2D eigenvalue weighted by molar-refractivity contribution is 0.0463. The van der Waals surface area contributed by atoms with Crippen molar-refractivity contribution in [1.29, 1.82) is 0 Å². The molecule has 0 saturated carbocycles. The average Bonchev–Trinajstić information content (AvgIpc) is 2.75. The normalized spacial score (nSPS) is 10.9. The molecule has 0 amide bonds. The molecule has 1 heterocycles. The van der Waals surface area contributed by atoms with E-state index in [2.05, 4.69) is 10.1 Å². The van der Waals surface area contributed by atoms with Gasteiger partial charge >= 0.3 is 11.7 Å². The zero-order valence-corrected chi connectivity index (χ0v) is 12.2. The van der Waals surface area contributed by atoms with Crippen LogP contribution in [0.2, 0.25) is 0 Å². The second kappa shape index (κ2) is 5.82. The van der Waals surface area contributed by atoms with Gasteiger partial charge in [0.2, 0.25) is 0 Å². The molecule has 0 spiro atoms. The highest BCUT2D eigenvalue weighted by Gasteiger charge is 2.16. The van der Waals surface area contributed by atoms with Crippen LogP contribution < -0.4 is 11.4 Å². The van der Waals surface area contributed by atoms with Crippen LogP contribution in [-0.4, -0.2) is 20.7 Å². The Morgan fingerprint density at radius 3 is 2.76 bits per heavy atom. The van der Waals surface area contributed by atoms with Crippen LogP contribution >= 0.6 is 0 Å². The van der Waals surface area contributed by atoms with Crippen molar-refractivity contribution in [1.82, 2.24) is 14.8 Å². The molecular formula is C14H18N4O3. The first-order valence-corrected chi connectivity index (χ1v) is 6.58.